The molecule has 9 nitrogen and oxygen atoms in total. The van der Waals surface area contributed by atoms with E-state index in [4.69, 9.17) is 21.1 Å². The molecule has 10 heteroatoms. The fourth-order valence-corrected chi connectivity index (χ4v) is 6.94. The number of carbonyl (C=O) groups excluding carboxylic acids is 3. The summed E-state index contributed by atoms with van der Waals surface area (Å²) in [5, 5.41) is 15.8. The van der Waals surface area contributed by atoms with Crippen molar-refractivity contribution in [2.45, 2.75) is 63.2 Å². The number of nitrogens with zero attached hydrogens (tertiary/aromatic N) is 1. The molecule has 0 aliphatic carbocycles. The number of carbonyl (C=O) groups is 3. The third-order valence-corrected chi connectivity index (χ3v) is 8.82. The third kappa shape index (κ3) is 4.84. The summed E-state index contributed by atoms with van der Waals surface area (Å²) in [7, 11) is 0. The fraction of sp³-hybridized carbons (Fsp3) is 0.500. The van der Waals surface area contributed by atoms with E-state index in [0.717, 1.165) is 0 Å². The Labute approximate surface area is 239 Å². The van der Waals surface area contributed by atoms with E-state index < -0.39 is 29.1 Å². The lowest BCUT2D eigenvalue weighted by atomic mass is 9.65. The zero-order chi connectivity index (χ0) is 28.5. The van der Waals surface area contributed by atoms with E-state index in [1.54, 1.807) is 53.4 Å². The Morgan fingerprint density at radius 3 is 2.30 bits per heavy atom. The highest BCUT2D eigenvalue weighted by molar-refractivity contribution is 6.30. The molecule has 2 unspecified atom stereocenters. The molecule has 40 heavy (non-hydrogen) atoms. The van der Waals surface area contributed by atoms with Crippen molar-refractivity contribution >= 4 is 40.7 Å². The summed E-state index contributed by atoms with van der Waals surface area (Å²) < 4.78 is 12.3. The topological polar surface area (TPSA) is 117 Å². The number of rotatable bonds is 11. The first kappa shape index (κ1) is 28.4. The van der Waals surface area contributed by atoms with Crippen molar-refractivity contribution < 1.29 is 29.0 Å². The first-order chi connectivity index (χ1) is 19.3. The molecule has 3 amide bonds. The van der Waals surface area contributed by atoms with E-state index in [1.165, 1.54) is 0 Å². The van der Waals surface area contributed by atoms with Crippen LogP contribution < -0.4 is 15.4 Å². The second-order valence-corrected chi connectivity index (χ2v) is 11.2. The summed E-state index contributed by atoms with van der Waals surface area (Å²) in [4.78, 5) is 43.4. The Kier molecular flexibility index (Phi) is 8.08. The molecule has 0 aromatic heterocycles. The van der Waals surface area contributed by atoms with E-state index in [2.05, 4.69) is 10.6 Å². The second-order valence-electron chi connectivity index (χ2n) is 10.7. The molecule has 214 valence electrons. The number of unbranched alkanes of at least 4 members (excludes halogenated alkanes) is 1. The molecular formula is C30H36ClN3O6. The van der Waals surface area contributed by atoms with Crippen molar-refractivity contribution in [1.29, 1.82) is 0 Å². The van der Waals surface area contributed by atoms with Crippen LogP contribution in [-0.2, 0) is 19.1 Å². The number of amides is 3. The number of aliphatic hydroxyl groups excluding tert-OH is 1. The standard InChI is InChI=1S/C30H36ClN3O6/c1-3-29-15-16-30(40-29)24(23(29)26(36)32-21-11-13-22(14-12-21)39-4-2)28(38)34(17-5-6-18-35)25(30)27(37)33-20-9-7-19(31)8-10-20/h7-14,23-25,35H,3-6,15-18H2,1-2H3,(H,32,36)(H,33,37)/t23-,24+,25?,29+,30?/m1/s1. The molecule has 3 aliphatic rings. The van der Waals surface area contributed by atoms with Crippen molar-refractivity contribution in [2.75, 3.05) is 30.4 Å². The summed E-state index contributed by atoms with van der Waals surface area (Å²) in [5.41, 5.74) is -0.812. The van der Waals surface area contributed by atoms with Gasteiger partial charge in [0.05, 0.1) is 24.0 Å². The van der Waals surface area contributed by atoms with Crippen molar-refractivity contribution in [3.63, 3.8) is 0 Å². The summed E-state index contributed by atoms with van der Waals surface area (Å²) in [6, 6.07) is 13.0. The normalized spacial score (nSPS) is 28.4. The van der Waals surface area contributed by atoms with Gasteiger partial charge in [-0.3, -0.25) is 14.4 Å². The Morgan fingerprint density at radius 1 is 1.02 bits per heavy atom. The van der Waals surface area contributed by atoms with Gasteiger partial charge in [-0.2, -0.15) is 0 Å². The second kappa shape index (κ2) is 11.4. The molecule has 3 aliphatic heterocycles. The Bertz CT molecular complexity index is 1260. The summed E-state index contributed by atoms with van der Waals surface area (Å²) in [5.74, 6) is -1.75. The minimum Gasteiger partial charge on any atom is -0.494 e. The largest absolute Gasteiger partial charge is 0.494 e. The third-order valence-electron chi connectivity index (χ3n) is 8.56. The van der Waals surface area contributed by atoms with Gasteiger partial charge >= 0.3 is 0 Å². The van der Waals surface area contributed by atoms with Gasteiger partial charge < -0.3 is 30.1 Å². The average molecular weight is 570 g/mol. The number of fused-ring (bicyclic) bond motifs is 1. The highest BCUT2D eigenvalue weighted by Gasteiger charge is 2.78. The van der Waals surface area contributed by atoms with Gasteiger partial charge in [-0.1, -0.05) is 18.5 Å². The molecule has 3 saturated heterocycles. The minimum atomic E-state index is -1.12. The molecular weight excluding hydrogens is 534 g/mol. The van der Waals surface area contributed by atoms with Gasteiger partial charge in [0.2, 0.25) is 17.7 Å². The number of likely N-dealkylation sites (tertiary alicyclic amines) is 1. The average Bonchev–Trinajstić information content (AvgIpc) is 3.55. The van der Waals surface area contributed by atoms with E-state index in [1.807, 2.05) is 13.8 Å². The number of halogens is 1. The van der Waals surface area contributed by atoms with Crippen LogP contribution in [0.1, 0.15) is 46.0 Å². The fourth-order valence-electron chi connectivity index (χ4n) is 6.82. The molecule has 3 fully saturated rings. The number of hydrogen-bond acceptors (Lipinski definition) is 6. The Hall–Kier alpha value is -3.14. The van der Waals surface area contributed by atoms with E-state index in [9.17, 15) is 19.5 Å². The first-order valence-corrected chi connectivity index (χ1v) is 14.4. The molecule has 3 heterocycles. The Morgan fingerprint density at radius 2 is 1.68 bits per heavy atom. The highest BCUT2D eigenvalue weighted by Crippen LogP contribution is 2.64. The number of benzene rings is 2. The molecule has 5 atom stereocenters. The van der Waals surface area contributed by atoms with Crippen molar-refractivity contribution in [3.05, 3.63) is 53.6 Å². The SMILES string of the molecule is CCOc1ccc(NC(=O)[C@H]2[C@H]3C(=O)N(CCCCO)C(C(=O)Nc4ccc(Cl)cc4)C34CC[C@]2(CC)O4)cc1. The monoisotopic (exact) mass is 569 g/mol. The molecule has 0 radical (unpaired) electrons. The molecule has 2 aromatic rings. The predicted octanol–water partition coefficient (Wildman–Crippen LogP) is 4.24. The van der Waals surface area contributed by atoms with Crippen LogP contribution in [-0.4, -0.2) is 64.7 Å². The predicted molar refractivity (Wildman–Crippen MR) is 151 cm³/mol. The van der Waals surface area contributed by atoms with E-state index in [-0.39, 0.29) is 30.9 Å². The number of nitrogens with one attached hydrogen (secondary N) is 2. The smallest absolute Gasteiger partial charge is 0.250 e. The summed E-state index contributed by atoms with van der Waals surface area (Å²) in [6.45, 7) is 4.67. The van der Waals surface area contributed by atoms with E-state index >= 15 is 0 Å². The van der Waals surface area contributed by atoms with Crippen LogP contribution in [0.15, 0.2) is 48.5 Å². The van der Waals surface area contributed by atoms with Gasteiger partial charge in [0.1, 0.15) is 17.4 Å². The summed E-state index contributed by atoms with van der Waals surface area (Å²) in [6.07, 6.45) is 2.63. The van der Waals surface area contributed by atoms with Crippen molar-refractivity contribution in [1.82, 2.24) is 4.90 Å². The quantitative estimate of drug-likeness (QED) is 0.348. The van der Waals surface area contributed by atoms with Crippen molar-refractivity contribution in [3.8, 4) is 5.75 Å². The molecule has 2 aromatic carbocycles. The van der Waals surface area contributed by atoms with Crippen LogP contribution in [0, 0.1) is 11.8 Å². The summed E-state index contributed by atoms with van der Waals surface area (Å²) >= 11 is 6.02. The highest BCUT2D eigenvalue weighted by atomic mass is 35.5. The van der Waals surface area contributed by atoms with Crippen LogP contribution in [0.25, 0.3) is 0 Å². The van der Waals surface area contributed by atoms with Gasteiger partial charge in [-0.25, -0.2) is 0 Å². The lowest BCUT2D eigenvalue weighted by molar-refractivity contribution is -0.144. The molecule has 3 N–H and O–H groups in total. The van der Waals surface area contributed by atoms with Crippen LogP contribution in [0.3, 0.4) is 0 Å². The van der Waals surface area contributed by atoms with Crippen molar-refractivity contribution in [2.24, 2.45) is 11.8 Å². The maximum Gasteiger partial charge on any atom is 0.250 e. The lowest BCUT2D eigenvalue weighted by Crippen LogP contribution is -2.53. The molecule has 0 saturated carbocycles. The molecule has 1 spiro atoms. The van der Waals surface area contributed by atoms with Crippen LogP contribution >= 0.6 is 11.6 Å². The van der Waals surface area contributed by atoms with Gasteiger partial charge in [0, 0.05) is 29.5 Å². The molecule has 5 rings (SSSR count). The van der Waals surface area contributed by atoms with Crippen LogP contribution in [0.5, 0.6) is 5.75 Å². The maximum atomic E-state index is 14.1. The van der Waals surface area contributed by atoms with Gasteiger partial charge in [-0.05, 0) is 87.6 Å². The number of aliphatic hydroxyl groups is 1. The lowest BCUT2D eigenvalue weighted by Gasteiger charge is -2.34. The van der Waals surface area contributed by atoms with E-state index in [0.29, 0.717) is 60.9 Å². The van der Waals surface area contributed by atoms with Gasteiger partial charge in [-0.15, -0.1) is 0 Å². The van der Waals surface area contributed by atoms with Gasteiger partial charge in [0.15, 0.2) is 0 Å². The molecule has 2 bridgehead atoms. The van der Waals surface area contributed by atoms with Crippen LogP contribution in [0.2, 0.25) is 5.02 Å². The number of anilines is 2. The zero-order valence-electron chi connectivity index (χ0n) is 22.8. The minimum absolute atomic E-state index is 0.0131. The zero-order valence-corrected chi connectivity index (χ0v) is 23.6. The first-order valence-electron chi connectivity index (χ1n) is 14.0. The Balaban J connectivity index is 1.46. The number of hydrogen-bond donors (Lipinski definition) is 3. The maximum absolute atomic E-state index is 14.1. The van der Waals surface area contributed by atoms with Gasteiger partial charge in [0.25, 0.3) is 0 Å². The van der Waals surface area contributed by atoms with Crippen LogP contribution in [0.4, 0.5) is 11.4 Å². The number of ether oxygens (including phenoxy) is 2.